The molecule has 1 atom stereocenters. The molecule has 21 heavy (non-hydrogen) atoms. The molecule has 109 valence electrons. The van der Waals surface area contributed by atoms with E-state index < -0.39 is 0 Å². The molecule has 2 aromatic rings. The van der Waals surface area contributed by atoms with Crippen molar-refractivity contribution in [1.82, 2.24) is 0 Å². The van der Waals surface area contributed by atoms with E-state index in [9.17, 15) is 0 Å². The van der Waals surface area contributed by atoms with Crippen LogP contribution in [0.4, 0.5) is 5.69 Å². The Labute approximate surface area is 134 Å². The van der Waals surface area contributed by atoms with Crippen molar-refractivity contribution in [2.24, 2.45) is 0 Å². The molecule has 1 heterocycles. The molecule has 0 amide bonds. The van der Waals surface area contributed by atoms with Crippen LogP contribution in [0.25, 0.3) is 0 Å². The number of halogens is 1. The molecule has 1 unspecified atom stereocenters. The van der Waals surface area contributed by atoms with Gasteiger partial charge in [0.25, 0.3) is 0 Å². The first-order valence-electron chi connectivity index (χ1n) is 7.18. The van der Waals surface area contributed by atoms with Crippen molar-refractivity contribution in [3.05, 3.63) is 63.5 Å². The summed E-state index contributed by atoms with van der Waals surface area (Å²) in [6, 6.07) is 10.6. The van der Waals surface area contributed by atoms with Gasteiger partial charge in [0.1, 0.15) is 11.9 Å². The first-order chi connectivity index (χ1) is 10.0. The molecule has 0 saturated heterocycles. The molecule has 0 spiro atoms. The van der Waals surface area contributed by atoms with E-state index in [0.29, 0.717) is 0 Å². The highest BCUT2D eigenvalue weighted by Gasteiger charge is 2.19. The smallest absolute Gasteiger partial charge is 0.125 e. The van der Waals surface area contributed by atoms with E-state index in [1.165, 1.54) is 26.7 Å². The molecule has 1 radical (unpaired) electrons. The molecular weight excluding hydrogens is 326 g/mol. The zero-order valence-corrected chi connectivity index (χ0v) is 14.1. The molecule has 2 nitrogen and oxygen atoms in total. The number of nitrogens with one attached hydrogen (secondary N) is 1. The second-order valence-corrected chi connectivity index (χ2v) is 6.37. The predicted molar refractivity (Wildman–Crippen MR) is 90.9 cm³/mol. The summed E-state index contributed by atoms with van der Waals surface area (Å²) in [6.45, 7) is 7.13. The van der Waals surface area contributed by atoms with Crippen LogP contribution < -0.4 is 10.1 Å². The summed E-state index contributed by atoms with van der Waals surface area (Å²) in [5.74, 6) is 0.967. The highest BCUT2D eigenvalue weighted by Crippen LogP contribution is 2.33. The summed E-state index contributed by atoms with van der Waals surface area (Å²) in [6.07, 6.45) is 2.31. The van der Waals surface area contributed by atoms with Gasteiger partial charge in [-0.2, -0.15) is 0 Å². The Kier molecular flexibility index (Phi) is 3.94. The summed E-state index contributed by atoms with van der Waals surface area (Å²) in [5.41, 5.74) is 6.14. The van der Waals surface area contributed by atoms with Crippen molar-refractivity contribution in [2.75, 3.05) is 5.32 Å². The Bertz CT molecular complexity index is 681. The number of fused-ring (bicyclic) bond motifs is 1. The fourth-order valence-corrected chi connectivity index (χ4v) is 3.01. The average Bonchev–Trinajstić information content (AvgIpc) is 2.83. The van der Waals surface area contributed by atoms with Crippen LogP contribution in [-0.2, 0) is 6.54 Å². The van der Waals surface area contributed by atoms with Gasteiger partial charge in [-0.1, -0.05) is 34.1 Å². The van der Waals surface area contributed by atoms with E-state index in [1.807, 2.05) is 0 Å². The molecule has 1 N–H and O–H groups in total. The van der Waals surface area contributed by atoms with Crippen molar-refractivity contribution in [3.8, 4) is 5.75 Å². The van der Waals surface area contributed by atoms with Crippen LogP contribution in [-0.4, -0.2) is 6.10 Å². The van der Waals surface area contributed by atoms with Gasteiger partial charge < -0.3 is 10.1 Å². The van der Waals surface area contributed by atoms with Crippen LogP contribution in [0.3, 0.4) is 0 Å². The number of benzene rings is 2. The molecule has 0 aromatic heterocycles. The van der Waals surface area contributed by atoms with Gasteiger partial charge in [0.15, 0.2) is 0 Å². The minimum atomic E-state index is 0.172. The number of aryl methyl sites for hydroxylation is 1. The van der Waals surface area contributed by atoms with E-state index in [1.54, 1.807) is 0 Å². The van der Waals surface area contributed by atoms with Crippen molar-refractivity contribution in [3.63, 3.8) is 0 Å². The lowest BCUT2D eigenvalue weighted by molar-refractivity contribution is 0.281. The maximum atomic E-state index is 5.75. The van der Waals surface area contributed by atoms with Gasteiger partial charge in [-0.15, -0.1) is 0 Å². The van der Waals surface area contributed by atoms with Gasteiger partial charge in [-0.3, -0.25) is 0 Å². The molecule has 0 fully saturated rings. The van der Waals surface area contributed by atoms with Gasteiger partial charge in [-0.05, 0) is 43.5 Å². The highest BCUT2D eigenvalue weighted by molar-refractivity contribution is 9.10. The molecule has 0 bridgehead atoms. The van der Waals surface area contributed by atoms with Crippen molar-refractivity contribution in [2.45, 2.75) is 33.4 Å². The van der Waals surface area contributed by atoms with Crippen molar-refractivity contribution >= 4 is 21.6 Å². The molecule has 3 rings (SSSR count). The van der Waals surface area contributed by atoms with Gasteiger partial charge in [0.2, 0.25) is 0 Å². The predicted octanol–water partition coefficient (Wildman–Crippen LogP) is 5.01. The minimum absolute atomic E-state index is 0.172. The Balaban J connectivity index is 1.74. The summed E-state index contributed by atoms with van der Waals surface area (Å²) < 4.78 is 6.95. The van der Waals surface area contributed by atoms with Gasteiger partial charge in [-0.25, -0.2) is 0 Å². The molecule has 0 saturated carbocycles. The van der Waals surface area contributed by atoms with E-state index in [-0.39, 0.29) is 6.10 Å². The SMILES string of the molecule is Cc1ccc(CNc2ccc3c(c2)OC(C)[CH]3)c(C)c1Br. The lowest BCUT2D eigenvalue weighted by Crippen LogP contribution is -2.04. The number of ether oxygens (including phenoxy) is 1. The normalized spacial score (nSPS) is 16.5. The van der Waals surface area contributed by atoms with E-state index >= 15 is 0 Å². The molecule has 1 aliphatic heterocycles. The van der Waals surface area contributed by atoms with Gasteiger partial charge in [0.05, 0.1) is 0 Å². The summed E-state index contributed by atoms with van der Waals surface area (Å²) in [7, 11) is 0. The largest absolute Gasteiger partial charge is 0.490 e. The summed E-state index contributed by atoms with van der Waals surface area (Å²) in [4.78, 5) is 0. The van der Waals surface area contributed by atoms with E-state index in [4.69, 9.17) is 4.74 Å². The topological polar surface area (TPSA) is 21.3 Å². The first kappa shape index (κ1) is 14.5. The number of anilines is 1. The lowest BCUT2D eigenvalue weighted by Gasteiger charge is -2.12. The maximum absolute atomic E-state index is 5.75. The highest BCUT2D eigenvalue weighted by atomic mass is 79.9. The first-order valence-corrected chi connectivity index (χ1v) is 7.98. The third kappa shape index (κ3) is 2.93. The third-order valence-electron chi connectivity index (χ3n) is 3.92. The Morgan fingerprint density at radius 3 is 2.81 bits per heavy atom. The van der Waals surface area contributed by atoms with Crippen molar-refractivity contribution < 1.29 is 4.74 Å². The monoisotopic (exact) mass is 344 g/mol. The average molecular weight is 345 g/mol. The lowest BCUT2D eigenvalue weighted by atomic mass is 10.1. The third-order valence-corrected chi connectivity index (χ3v) is 5.14. The molecule has 0 aliphatic carbocycles. The van der Waals surface area contributed by atoms with Crippen LogP contribution in [0.15, 0.2) is 34.8 Å². The Morgan fingerprint density at radius 1 is 1.19 bits per heavy atom. The van der Waals surface area contributed by atoms with Crippen LogP contribution in [0.5, 0.6) is 5.75 Å². The fourth-order valence-electron chi connectivity index (χ4n) is 2.62. The van der Waals surface area contributed by atoms with Crippen LogP contribution in [0.2, 0.25) is 0 Å². The molecule has 3 heteroatoms. The number of hydrogen-bond acceptors (Lipinski definition) is 2. The Morgan fingerprint density at radius 2 is 2.00 bits per heavy atom. The minimum Gasteiger partial charge on any atom is -0.490 e. The molecular formula is C18H19BrNO. The number of rotatable bonds is 3. The van der Waals surface area contributed by atoms with Crippen LogP contribution in [0.1, 0.15) is 29.2 Å². The second-order valence-electron chi connectivity index (χ2n) is 5.58. The van der Waals surface area contributed by atoms with Gasteiger partial charge >= 0.3 is 0 Å². The summed E-state index contributed by atoms with van der Waals surface area (Å²) >= 11 is 3.65. The fraction of sp³-hybridized carbons (Fsp3) is 0.278. The quantitative estimate of drug-likeness (QED) is 0.844. The van der Waals surface area contributed by atoms with E-state index in [2.05, 4.69) is 78.8 Å². The number of hydrogen-bond donors (Lipinski definition) is 1. The van der Waals surface area contributed by atoms with Crippen molar-refractivity contribution in [1.29, 1.82) is 0 Å². The molecule has 2 aromatic carbocycles. The van der Waals surface area contributed by atoms with Crippen LogP contribution in [0, 0.1) is 20.3 Å². The summed E-state index contributed by atoms with van der Waals surface area (Å²) in [5, 5.41) is 3.48. The second kappa shape index (κ2) is 5.72. The maximum Gasteiger partial charge on any atom is 0.125 e. The van der Waals surface area contributed by atoms with Gasteiger partial charge in [0, 0.05) is 34.8 Å². The zero-order chi connectivity index (χ0) is 15.0. The zero-order valence-electron chi connectivity index (χ0n) is 12.5. The molecule has 1 aliphatic rings. The Hall–Kier alpha value is -1.48. The van der Waals surface area contributed by atoms with E-state index in [0.717, 1.165) is 18.0 Å². The van der Waals surface area contributed by atoms with Crippen LogP contribution >= 0.6 is 15.9 Å². The standard InChI is InChI=1S/C18H19BrNO/c1-11-4-5-15(13(3)18(11)19)10-20-16-7-6-14-8-12(2)21-17(14)9-16/h4-9,12,20H,10H2,1-3H3.